The first kappa shape index (κ1) is 16.3. The molecule has 0 spiro atoms. The van der Waals surface area contributed by atoms with Crippen molar-refractivity contribution in [1.82, 2.24) is 4.98 Å². The number of amides is 1. The molecule has 124 valence electrons. The van der Waals surface area contributed by atoms with Crippen LogP contribution >= 0.6 is 11.3 Å². The molecule has 24 heavy (non-hydrogen) atoms. The summed E-state index contributed by atoms with van der Waals surface area (Å²) in [5, 5.41) is 13.4. The van der Waals surface area contributed by atoms with Gasteiger partial charge in [0.1, 0.15) is 0 Å². The van der Waals surface area contributed by atoms with Gasteiger partial charge in [0.15, 0.2) is 5.13 Å². The van der Waals surface area contributed by atoms with Crippen molar-refractivity contribution in [2.24, 2.45) is 5.92 Å². The number of rotatable bonds is 5. The normalized spacial score (nSPS) is 16.3. The van der Waals surface area contributed by atoms with Crippen LogP contribution in [0.2, 0.25) is 0 Å². The Labute approximate surface area is 143 Å². The summed E-state index contributed by atoms with van der Waals surface area (Å²) in [6.45, 7) is 0. The van der Waals surface area contributed by atoms with Gasteiger partial charge in [-0.05, 0) is 24.8 Å². The van der Waals surface area contributed by atoms with E-state index >= 15 is 0 Å². The van der Waals surface area contributed by atoms with Gasteiger partial charge in [-0.25, -0.2) is 4.98 Å². The molecule has 1 aliphatic carbocycles. The number of nitro groups is 1. The smallest absolute Gasteiger partial charge is 0.278 e. The third-order valence-electron chi connectivity index (χ3n) is 4.08. The Morgan fingerprint density at radius 2 is 2.25 bits per heavy atom. The summed E-state index contributed by atoms with van der Waals surface area (Å²) in [5.41, 5.74) is 0.992. The van der Waals surface area contributed by atoms with Gasteiger partial charge < -0.3 is 0 Å². The van der Waals surface area contributed by atoms with Crippen LogP contribution < -0.4 is 4.90 Å². The molecule has 0 aliphatic heterocycles. The number of carbonyl (C=O) groups excluding carboxylic acids is 1. The van der Waals surface area contributed by atoms with Gasteiger partial charge in [-0.1, -0.05) is 24.3 Å². The summed E-state index contributed by atoms with van der Waals surface area (Å²) < 4.78 is 0. The zero-order valence-corrected chi connectivity index (χ0v) is 14.0. The van der Waals surface area contributed by atoms with Gasteiger partial charge in [-0.15, -0.1) is 11.3 Å². The van der Waals surface area contributed by atoms with Gasteiger partial charge in [0.2, 0.25) is 5.91 Å². The molecule has 1 aromatic heterocycles. The minimum absolute atomic E-state index is 0.00927. The van der Waals surface area contributed by atoms with E-state index in [0.29, 0.717) is 28.7 Å². The van der Waals surface area contributed by atoms with Gasteiger partial charge in [0, 0.05) is 24.9 Å². The van der Waals surface area contributed by atoms with Gasteiger partial charge in [0.25, 0.3) is 5.69 Å². The van der Waals surface area contributed by atoms with E-state index in [4.69, 9.17) is 0 Å². The Morgan fingerprint density at radius 3 is 2.96 bits per heavy atom. The highest BCUT2D eigenvalue weighted by atomic mass is 32.1. The maximum atomic E-state index is 12.4. The lowest BCUT2D eigenvalue weighted by molar-refractivity contribution is -0.384. The standard InChI is InChI=1S/C17H17N3O3S/c1-19(16(21)10-12-6-2-3-7-12)17-18-14(11-24-17)13-8-4-5-9-15(13)20(22)23/h2,4-6,8-9,11-12H,3,7,10H2,1H3/t12-/m1/s1. The second-order valence-electron chi connectivity index (χ2n) is 5.71. The molecule has 7 heteroatoms. The topological polar surface area (TPSA) is 76.3 Å². The fourth-order valence-corrected chi connectivity index (χ4v) is 3.53. The molecule has 1 aliphatic rings. The summed E-state index contributed by atoms with van der Waals surface area (Å²) >= 11 is 1.31. The zero-order valence-electron chi connectivity index (χ0n) is 13.2. The van der Waals surface area contributed by atoms with Crippen LogP contribution in [0.3, 0.4) is 0 Å². The number of hydrogen-bond donors (Lipinski definition) is 0. The van der Waals surface area contributed by atoms with Crippen molar-refractivity contribution in [2.45, 2.75) is 19.3 Å². The number of benzene rings is 1. The highest BCUT2D eigenvalue weighted by Crippen LogP contribution is 2.33. The molecular weight excluding hydrogens is 326 g/mol. The van der Waals surface area contributed by atoms with E-state index in [1.54, 1.807) is 30.6 Å². The maximum absolute atomic E-state index is 12.4. The Kier molecular flexibility index (Phi) is 4.71. The lowest BCUT2D eigenvalue weighted by Gasteiger charge is -2.15. The molecule has 1 heterocycles. The van der Waals surface area contributed by atoms with Crippen LogP contribution in [0.15, 0.2) is 41.8 Å². The Bertz CT molecular complexity index is 800. The van der Waals surface area contributed by atoms with Crippen LogP contribution in [0.4, 0.5) is 10.8 Å². The Morgan fingerprint density at radius 1 is 1.46 bits per heavy atom. The molecule has 0 radical (unpaired) electrons. The number of thiazole rings is 1. The van der Waals surface area contributed by atoms with Crippen molar-refractivity contribution in [1.29, 1.82) is 0 Å². The quantitative estimate of drug-likeness (QED) is 0.466. The first-order chi connectivity index (χ1) is 11.6. The van der Waals surface area contributed by atoms with E-state index in [-0.39, 0.29) is 11.6 Å². The molecule has 6 nitrogen and oxygen atoms in total. The third kappa shape index (κ3) is 3.35. The van der Waals surface area contributed by atoms with Gasteiger partial charge in [-0.3, -0.25) is 19.8 Å². The first-order valence-electron chi connectivity index (χ1n) is 7.69. The van der Waals surface area contributed by atoms with Crippen molar-refractivity contribution >= 4 is 28.1 Å². The average Bonchev–Trinajstić information content (AvgIpc) is 3.25. The van der Waals surface area contributed by atoms with Gasteiger partial charge in [0.05, 0.1) is 16.2 Å². The summed E-state index contributed by atoms with van der Waals surface area (Å²) in [6.07, 6.45) is 6.70. The molecule has 0 fully saturated rings. The summed E-state index contributed by atoms with van der Waals surface area (Å²) in [5.74, 6) is 0.310. The first-order valence-corrected chi connectivity index (χ1v) is 8.56. The van der Waals surface area contributed by atoms with E-state index in [1.165, 1.54) is 22.3 Å². The van der Waals surface area contributed by atoms with Crippen LogP contribution in [0, 0.1) is 16.0 Å². The molecule has 0 saturated carbocycles. The number of nitrogens with zero attached hydrogens (tertiary/aromatic N) is 3. The summed E-state index contributed by atoms with van der Waals surface area (Å²) in [7, 11) is 1.70. The average molecular weight is 343 g/mol. The molecule has 3 rings (SSSR count). The number of allylic oxidation sites excluding steroid dienone is 2. The van der Waals surface area contributed by atoms with Crippen molar-refractivity contribution in [3.05, 3.63) is 51.9 Å². The van der Waals surface area contributed by atoms with Gasteiger partial charge >= 0.3 is 0 Å². The third-order valence-corrected chi connectivity index (χ3v) is 5.00. The van der Waals surface area contributed by atoms with Gasteiger partial charge in [-0.2, -0.15) is 0 Å². The van der Waals surface area contributed by atoms with Crippen LogP contribution in [0.1, 0.15) is 19.3 Å². The molecule has 1 atom stereocenters. The maximum Gasteiger partial charge on any atom is 0.278 e. The van der Waals surface area contributed by atoms with Crippen LogP contribution in [-0.2, 0) is 4.79 Å². The van der Waals surface area contributed by atoms with E-state index in [9.17, 15) is 14.9 Å². The summed E-state index contributed by atoms with van der Waals surface area (Å²) in [6, 6.07) is 6.49. The van der Waals surface area contributed by atoms with E-state index < -0.39 is 4.92 Å². The molecule has 1 amide bonds. The predicted molar refractivity (Wildman–Crippen MR) is 94.1 cm³/mol. The highest BCUT2D eigenvalue weighted by Gasteiger charge is 2.22. The highest BCUT2D eigenvalue weighted by molar-refractivity contribution is 7.14. The molecule has 0 bridgehead atoms. The van der Waals surface area contributed by atoms with Crippen molar-refractivity contribution in [3.63, 3.8) is 0 Å². The van der Waals surface area contributed by atoms with E-state index in [1.807, 2.05) is 0 Å². The van der Waals surface area contributed by atoms with Crippen molar-refractivity contribution in [3.8, 4) is 11.3 Å². The fourth-order valence-electron chi connectivity index (χ4n) is 2.72. The fraction of sp³-hybridized carbons (Fsp3) is 0.294. The molecule has 1 aromatic carbocycles. The zero-order chi connectivity index (χ0) is 17.1. The minimum Gasteiger partial charge on any atom is -0.291 e. The Hall–Kier alpha value is -2.54. The van der Waals surface area contributed by atoms with Crippen LogP contribution in [-0.4, -0.2) is 22.9 Å². The molecule has 2 aromatic rings. The van der Waals surface area contributed by atoms with Crippen LogP contribution in [0.5, 0.6) is 0 Å². The molecule has 0 saturated heterocycles. The monoisotopic (exact) mass is 343 g/mol. The summed E-state index contributed by atoms with van der Waals surface area (Å²) in [4.78, 5) is 29.1. The molecule has 0 N–H and O–H groups in total. The van der Waals surface area contributed by atoms with Crippen molar-refractivity contribution < 1.29 is 9.72 Å². The number of anilines is 1. The molecule has 0 unspecified atom stereocenters. The molecular formula is C17H17N3O3S. The number of para-hydroxylation sites is 1. The number of hydrogen-bond acceptors (Lipinski definition) is 5. The predicted octanol–water partition coefficient (Wildman–Crippen LogP) is 4.04. The second kappa shape index (κ2) is 6.92. The van der Waals surface area contributed by atoms with E-state index in [0.717, 1.165) is 12.8 Å². The SMILES string of the molecule is CN(C(=O)C[C@@H]1C=CCC1)c1nc(-c2ccccc2[N+](=O)[O-])cs1. The van der Waals surface area contributed by atoms with Crippen molar-refractivity contribution in [2.75, 3.05) is 11.9 Å². The number of nitro benzene ring substituents is 1. The largest absolute Gasteiger partial charge is 0.291 e. The Balaban J connectivity index is 1.79. The lowest BCUT2D eigenvalue weighted by Crippen LogP contribution is -2.27. The lowest BCUT2D eigenvalue weighted by atomic mass is 10.0. The van der Waals surface area contributed by atoms with Crippen LogP contribution in [0.25, 0.3) is 11.3 Å². The number of carbonyl (C=O) groups is 1. The second-order valence-corrected chi connectivity index (χ2v) is 6.55. The van der Waals surface area contributed by atoms with E-state index in [2.05, 4.69) is 17.1 Å². The minimum atomic E-state index is -0.421. The number of aromatic nitrogens is 1.